The SMILES string of the molecule is CC.CCO/N=C(\C)CC.COc1nc2c3c(c(C(F)(F)F)c(-c4ccc(F)c5sc(N)c(C#N)c45)c(F)c3n1)OCCN2Cc1cccnc1N.FC1CC2CCCN2C1. The maximum absolute atomic E-state index is 16.6. The molecule has 8 rings (SSSR count). The van der Waals surface area contributed by atoms with Crippen LogP contribution in [0.4, 0.5) is 43.0 Å². The van der Waals surface area contributed by atoms with Crippen molar-refractivity contribution in [1.29, 1.82) is 5.26 Å². The lowest BCUT2D eigenvalue weighted by molar-refractivity contribution is -0.138. The van der Waals surface area contributed by atoms with Crippen LogP contribution < -0.4 is 25.8 Å². The normalized spacial score (nSPS) is 17.2. The Bertz CT molecular complexity index is 2390. The lowest BCUT2D eigenvalue weighted by Crippen LogP contribution is -2.28. The van der Waals surface area contributed by atoms with E-state index < -0.39 is 51.9 Å². The Morgan fingerprint density at radius 1 is 1.11 bits per heavy atom. The van der Waals surface area contributed by atoms with E-state index in [1.165, 1.54) is 26.1 Å². The highest BCUT2D eigenvalue weighted by molar-refractivity contribution is 7.23. The molecule has 0 radical (unpaired) electrons. The molecule has 0 spiro atoms. The van der Waals surface area contributed by atoms with Gasteiger partial charge >= 0.3 is 12.2 Å². The van der Waals surface area contributed by atoms with Crippen LogP contribution in [-0.2, 0) is 17.6 Å². The van der Waals surface area contributed by atoms with Crippen LogP contribution in [0.15, 0.2) is 35.6 Å². The molecule has 0 aliphatic carbocycles. The maximum atomic E-state index is 16.6. The first-order chi connectivity index (χ1) is 29.2. The van der Waals surface area contributed by atoms with Gasteiger partial charge in [-0.1, -0.05) is 38.1 Å². The lowest BCUT2D eigenvalue weighted by atomic mass is 9.91. The fourth-order valence-electron chi connectivity index (χ4n) is 7.33. The first-order valence-electron chi connectivity index (χ1n) is 19.9. The number of anilines is 3. The first kappa shape index (κ1) is 46.5. The standard InChI is InChI=1S/C27H18F5N7O2S.C7H12FN.C6H13NO.C2H6/c1-40-26-37-20-17-21(41-8-7-39(25(17)38-26)10-11-3-2-6-36-23(11)34)18(27(30,31)32)16(19(20)29)12-4-5-14(28)22-15(12)13(9-33)24(35)42-22;8-6-4-7-2-1-3-9(7)5-6;1-4-6(3)7-8-5-2;1-2/h2-6H,7-8,10,35H2,1H3,(H2,34,36);6-7H,1-5H2;4-5H2,1-3H3;1-2H3/b;;7-6+;. The van der Waals surface area contributed by atoms with Gasteiger partial charge in [-0.2, -0.15) is 28.4 Å². The number of methoxy groups -OCH3 is 1. The summed E-state index contributed by atoms with van der Waals surface area (Å²) in [7, 11) is 1.23. The summed E-state index contributed by atoms with van der Waals surface area (Å²) >= 11 is 0.675. The van der Waals surface area contributed by atoms with Gasteiger partial charge in [0.25, 0.3) is 0 Å². The van der Waals surface area contributed by atoms with Crippen molar-refractivity contribution < 1.29 is 40.7 Å². The number of ether oxygens (including phenoxy) is 2. The Balaban J connectivity index is 0.000000305. The van der Waals surface area contributed by atoms with Gasteiger partial charge in [0, 0.05) is 41.8 Å². The van der Waals surface area contributed by atoms with Crippen molar-refractivity contribution in [3.05, 3.63) is 58.8 Å². The van der Waals surface area contributed by atoms with E-state index in [1.54, 1.807) is 23.1 Å². The van der Waals surface area contributed by atoms with Gasteiger partial charge in [0.1, 0.15) is 64.7 Å². The molecule has 12 nitrogen and oxygen atoms in total. The van der Waals surface area contributed by atoms with Crippen LogP contribution in [0.1, 0.15) is 77.0 Å². The van der Waals surface area contributed by atoms with E-state index in [0.717, 1.165) is 37.2 Å². The monoisotopic (exact) mass is 873 g/mol. The molecule has 3 aromatic heterocycles. The van der Waals surface area contributed by atoms with Gasteiger partial charge in [0.05, 0.1) is 35.0 Å². The number of fused-ring (bicyclic) bond motifs is 2. The van der Waals surface area contributed by atoms with Gasteiger partial charge in [-0.25, -0.2) is 18.2 Å². The number of rotatable bonds is 7. The Morgan fingerprint density at radius 2 is 1.87 bits per heavy atom. The molecular formula is C42H49F6N9O3S. The lowest BCUT2D eigenvalue weighted by Gasteiger charge is -2.24. The summed E-state index contributed by atoms with van der Waals surface area (Å²) in [5, 5.41) is 12.8. The predicted octanol–water partition coefficient (Wildman–Crippen LogP) is 9.67. The van der Waals surface area contributed by atoms with Crippen molar-refractivity contribution in [1.82, 2.24) is 19.9 Å². The zero-order chi connectivity index (χ0) is 44.6. The van der Waals surface area contributed by atoms with E-state index in [1.807, 2.05) is 27.7 Å². The van der Waals surface area contributed by atoms with E-state index in [9.17, 15) is 27.2 Å². The predicted molar refractivity (Wildman–Crippen MR) is 227 cm³/mol. The second-order valence-electron chi connectivity index (χ2n) is 13.9. The van der Waals surface area contributed by atoms with E-state index in [4.69, 9.17) is 25.8 Å². The van der Waals surface area contributed by atoms with Crippen LogP contribution >= 0.6 is 11.3 Å². The molecule has 0 bridgehead atoms. The van der Waals surface area contributed by atoms with Gasteiger partial charge < -0.3 is 30.7 Å². The molecule has 3 aliphatic heterocycles. The summed E-state index contributed by atoms with van der Waals surface area (Å²) in [5.41, 5.74) is 9.86. The summed E-state index contributed by atoms with van der Waals surface area (Å²) in [6.45, 7) is 12.3. The number of pyridine rings is 1. The minimum Gasteiger partial charge on any atom is -0.490 e. The number of oxime groups is 1. The molecule has 2 aromatic carbocycles. The van der Waals surface area contributed by atoms with Crippen LogP contribution in [0, 0.1) is 23.0 Å². The smallest absolute Gasteiger partial charge is 0.420 e. The highest BCUT2D eigenvalue weighted by Crippen LogP contribution is 2.53. The highest BCUT2D eigenvalue weighted by atomic mass is 32.1. The molecule has 6 heterocycles. The number of nitrogens with zero attached hydrogens (tertiary/aromatic N) is 7. The number of halogens is 6. The van der Waals surface area contributed by atoms with Gasteiger partial charge in [-0.15, -0.1) is 11.3 Å². The number of thiophene rings is 1. The zero-order valence-corrected chi connectivity index (χ0v) is 35.6. The Morgan fingerprint density at radius 3 is 2.51 bits per heavy atom. The van der Waals surface area contributed by atoms with Crippen molar-refractivity contribution in [3.8, 4) is 29.0 Å². The van der Waals surface area contributed by atoms with Crippen molar-refractivity contribution >= 4 is 54.7 Å². The molecule has 0 saturated carbocycles. The minimum absolute atomic E-state index is 0.0347. The second-order valence-corrected chi connectivity index (χ2v) is 15.0. The number of hydrogen-bond donors (Lipinski definition) is 2. The van der Waals surface area contributed by atoms with E-state index in [0.29, 0.717) is 36.1 Å². The number of nitriles is 1. The number of alkyl halides is 4. The summed E-state index contributed by atoms with van der Waals surface area (Å²) in [6.07, 6.45) is 0.103. The van der Waals surface area contributed by atoms with Crippen molar-refractivity contribution in [2.24, 2.45) is 5.16 Å². The number of nitrogen functional groups attached to an aromatic ring is 2. The number of nitrogens with two attached hydrogens (primary N) is 2. The third kappa shape index (κ3) is 9.97. The summed E-state index contributed by atoms with van der Waals surface area (Å²) < 4.78 is 99.6. The Hall–Kier alpha value is -5.61. The largest absolute Gasteiger partial charge is 0.490 e. The highest BCUT2D eigenvalue weighted by Gasteiger charge is 2.44. The van der Waals surface area contributed by atoms with Crippen LogP contribution in [-0.4, -0.2) is 77.7 Å². The average molecular weight is 874 g/mol. The minimum atomic E-state index is -5.17. The molecule has 2 unspecified atom stereocenters. The van der Waals surface area contributed by atoms with Crippen molar-refractivity contribution in [2.75, 3.05) is 56.3 Å². The third-order valence-corrected chi connectivity index (χ3v) is 11.2. The summed E-state index contributed by atoms with van der Waals surface area (Å²) in [4.78, 5) is 21.0. The molecule has 0 amide bonds. The molecule has 2 atom stereocenters. The van der Waals surface area contributed by atoms with Gasteiger partial charge in [-0.3, -0.25) is 4.90 Å². The fraction of sp³-hybridized carbons (Fsp3) is 0.452. The molecule has 3 aliphatic rings. The van der Waals surface area contributed by atoms with Gasteiger partial charge in [0.15, 0.2) is 5.82 Å². The Kier molecular flexibility index (Phi) is 15.5. The number of benzene rings is 2. The van der Waals surface area contributed by atoms with Gasteiger partial charge in [-0.05, 0) is 63.8 Å². The van der Waals surface area contributed by atoms with E-state index >= 15 is 4.39 Å². The summed E-state index contributed by atoms with van der Waals surface area (Å²) in [5.74, 6) is -2.82. The summed E-state index contributed by atoms with van der Waals surface area (Å²) in [6, 6.07) is 7.29. The average Bonchev–Trinajstić information content (AvgIpc) is 3.90. The number of aromatic nitrogens is 3. The topological polar surface area (TPSA) is 161 Å². The fourth-order valence-corrected chi connectivity index (χ4v) is 8.28. The molecule has 61 heavy (non-hydrogen) atoms. The molecule has 5 aromatic rings. The van der Waals surface area contributed by atoms with Gasteiger partial charge in [0.2, 0.25) is 0 Å². The molecule has 328 valence electrons. The Labute approximate surface area is 354 Å². The number of hydrogen-bond acceptors (Lipinski definition) is 13. The molecular weight excluding hydrogens is 825 g/mol. The quantitative estimate of drug-likeness (QED) is 0.0910. The molecule has 2 fully saturated rings. The van der Waals surface area contributed by atoms with Crippen molar-refractivity contribution in [3.63, 3.8) is 0 Å². The molecule has 19 heteroatoms. The third-order valence-electron chi connectivity index (χ3n) is 10.2. The first-order valence-corrected chi connectivity index (χ1v) is 20.7. The van der Waals surface area contributed by atoms with Crippen LogP contribution in [0.2, 0.25) is 0 Å². The van der Waals surface area contributed by atoms with Crippen molar-refractivity contribution in [2.45, 2.75) is 85.2 Å². The van der Waals surface area contributed by atoms with E-state index in [2.05, 4.69) is 31.9 Å². The van der Waals surface area contributed by atoms with Crippen LogP contribution in [0.25, 0.3) is 32.1 Å². The zero-order valence-electron chi connectivity index (χ0n) is 34.8. The van der Waals surface area contributed by atoms with E-state index in [-0.39, 0.29) is 63.4 Å². The second kappa shape index (κ2) is 20.3. The maximum Gasteiger partial charge on any atom is 0.420 e. The van der Waals surface area contributed by atoms with Crippen LogP contribution in [0.3, 0.4) is 0 Å². The van der Waals surface area contributed by atoms with Crippen LogP contribution in [0.5, 0.6) is 11.8 Å². The molecule has 4 N–H and O–H groups in total. The molecule has 2 saturated heterocycles.